The Balaban J connectivity index is 1.32. The molecule has 2 saturated heterocycles. The van der Waals surface area contributed by atoms with E-state index >= 15 is 0 Å². The Labute approximate surface area is 223 Å². The van der Waals surface area contributed by atoms with Crippen molar-refractivity contribution in [2.75, 3.05) is 6.61 Å². The molecule has 0 spiro atoms. The number of amides is 2. The van der Waals surface area contributed by atoms with Gasteiger partial charge in [-0.25, -0.2) is 4.79 Å². The average Bonchev–Trinajstić information content (AvgIpc) is 3.13. The molecule has 0 radical (unpaired) electrons. The Morgan fingerprint density at radius 1 is 0.921 bits per heavy atom. The monoisotopic (exact) mass is 532 g/mol. The number of nitrogens with zero attached hydrogens (tertiary/aromatic N) is 1. The van der Waals surface area contributed by atoms with Gasteiger partial charge < -0.3 is 19.7 Å². The highest BCUT2D eigenvalue weighted by Crippen LogP contribution is 2.44. The van der Waals surface area contributed by atoms with E-state index in [4.69, 9.17) is 9.47 Å². The first-order chi connectivity index (χ1) is 18.3. The second-order valence-corrected chi connectivity index (χ2v) is 11.9. The van der Waals surface area contributed by atoms with Gasteiger partial charge in [0.15, 0.2) is 12.7 Å². The van der Waals surface area contributed by atoms with Crippen molar-refractivity contribution in [1.29, 1.82) is 0 Å². The maximum atomic E-state index is 13.6. The van der Waals surface area contributed by atoms with Gasteiger partial charge in [0.05, 0.1) is 15.5 Å². The summed E-state index contributed by atoms with van der Waals surface area (Å²) in [5.41, 5.74) is 1.55. The van der Waals surface area contributed by atoms with Gasteiger partial charge in [0.2, 0.25) is 5.91 Å². The molecule has 2 amide bonds. The fraction of sp³-hybridized carbons (Fsp3) is 0.276. The van der Waals surface area contributed by atoms with E-state index in [2.05, 4.69) is 5.32 Å². The number of benzene rings is 3. The van der Waals surface area contributed by atoms with Crippen LogP contribution in [0.15, 0.2) is 91.0 Å². The van der Waals surface area contributed by atoms with E-state index < -0.39 is 56.9 Å². The summed E-state index contributed by atoms with van der Waals surface area (Å²) < 4.78 is 23.9. The molecule has 2 heterocycles. The van der Waals surface area contributed by atoms with E-state index in [1.54, 1.807) is 38.1 Å². The van der Waals surface area contributed by atoms with Crippen LogP contribution in [-0.2, 0) is 29.9 Å². The zero-order valence-electron chi connectivity index (χ0n) is 21.0. The van der Waals surface area contributed by atoms with Crippen LogP contribution in [-0.4, -0.2) is 55.7 Å². The van der Waals surface area contributed by atoms with Gasteiger partial charge in [0, 0.05) is 0 Å². The third kappa shape index (κ3) is 4.69. The number of fused-ring (bicyclic) bond motifs is 1. The third-order valence-corrected chi connectivity index (χ3v) is 9.04. The third-order valence-electron chi connectivity index (χ3n) is 6.85. The minimum Gasteiger partial charge on any atom is -0.484 e. The Kier molecular flexibility index (Phi) is 7.03. The summed E-state index contributed by atoms with van der Waals surface area (Å²) in [6, 6.07) is 25.4. The molecule has 2 fully saturated rings. The molecule has 38 heavy (non-hydrogen) atoms. The van der Waals surface area contributed by atoms with E-state index in [0.29, 0.717) is 5.75 Å². The molecule has 0 aliphatic carbocycles. The first-order valence-corrected chi connectivity index (χ1v) is 13.5. The number of para-hydroxylation sites is 1. The van der Waals surface area contributed by atoms with Crippen molar-refractivity contribution in [3.8, 4) is 5.75 Å². The molecule has 2 aliphatic rings. The highest BCUT2D eigenvalue weighted by molar-refractivity contribution is 7.87. The summed E-state index contributed by atoms with van der Waals surface area (Å²) in [6.07, 6.45) is -0.699. The fourth-order valence-corrected chi connectivity index (χ4v) is 6.84. The molecule has 9 heteroatoms. The number of hydrogen-bond acceptors (Lipinski definition) is 6. The Bertz CT molecular complexity index is 1310. The van der Waals surface area contributed by atoms with E-state index in [1.165, 1.54) is 4.90 Å². The van der Waals surface area contributed by atoms with Crippen molar-refractivity contribution < 1.29 is 28.1 Å². The largest absolute Gasteiger partial charge is 0.484 e. The molecule has 0 saturated carbocycles. The van der Waals surface area contributed by atoms with Crippen LogP contribution in [0, 0.1) is 0 Å². The standard InChI is InChI=1S/C29H28N2O6S/c1-29(2)25(28(34)37-24(19-12-6-3-7-13-19)20-14-8-4-9-15-20)31-26(33)23(27(31)38(29)35)30-22(32)18-36-21-16-10-5-11-17-21/h3-17,23-25,27H,18H2,1-2H3,(H,30,32)/t23-,25-,27+,38+/m0/s1. The first-order valence-electron chi connectivity index (χ1n) is 12.3. The predicted molar refractivity (Wildman–Crippen MR) is 141 cm³/mol. The van der Waals surface area contributed by atoms with Gasteiger partial charge in [-0.2, -0.15) is 0 Å². The minimum atomic E-state index is -1.63. The quantitative estimate of drug-likeness (QED) is 0.354. The number of ether oxygens (including phenoxy) is 2. The highest BCUT2D eigenvalue weighted by Gasteiger charge is 2.68. The Morgan fingerprint density at radius 2 is 1.45 bits per heavy atom. The lowest BCUT2D eigenvalue weighted by Crippen LogP contribution is -2.72. The highest BCUT2D eigenvalue weighted by atomic mass is 32.2. The van der Waals surface area contributed by atoms with Crippen LogP contribution in [0.25, 0.3) is 0 Å². The van der Waals surface area contributed by atoms with Gasteiger partial charge in [-0.3, -0.25) is 13.8 Å². The first kappa shape index (κ1) is 25.7. The predicted octanol–water partition coefficient (Wildman–Crippen LogP) is 2.96. The second-order valence-electron chi connectivity index (χ2n) is 9.72. The lowest BCUT2D eigenvalue weighted by Gasteiger charge is -2.43. The van der Waals surface area contributed by atoms with Crippen LogP contribution in [0.5, 0.6) is 5.75 Å². The molecule has 5 rings (SSSR count). The number of β-lactam (4-membered cyclic amide) rings is 1. The zero-order valence-corrected chi connectivity index (χ0v) is 21.8. The molecule has 196 valence electrons. The number of hydrogen-bond donors (Lipinski definition) is 1. The van der Waals surface area contributed by atoms with Crippen molar-refractivity contribution in [2.45, 2.75) is 42.2 Å². The Hall–Kier alpha value is -3.98. The van der Waals surface area contributed by atoms with Crippen LogP contribution in [0.1, 0.15) is 31.1 Å². The SMILES string of the molecule is CC1(C)[C@H](C(=O)OC(c2ccccc2)c2ccccc2)N2C(=O)[C@H](NC(=O)COc3ccccc3)[C@H]2[S@]1=O. The number of nitrogens with one attached hydrogen (secondary N) is 1. The summed E-state index contributed by atoms with van der Waals surface area (Å²) in [5, 5.41) is 1.80. The summed E-state index contributed by atoms with van der Waals surface area (Å²) in [4.78, 5) is 40.6. The maximum Gasteiger partial charge on any atom is 0.331 e. The number of carbonyl (C=O) groups is 3. The molecule has 2 aliphatic heterocycles. The maximum absolute atomic E-state index is 13.6. The van der Waals surface area contributed by atoms with E-state index in [0.717, 1.165) is 11.1 Å². The summed E-state index contributed by atoms with van der Waals surface area (Å²) in [5.74, 6) is -1.11. The van der Waals surface area contributed by atoms with Gasteiger partial charge in [-0.05, 0) is 37.1 Å². The zero-order chi connectivity index (χ0) is 26.9. The molecular weight excluding hydrogens is 504 g/mol. The lowest BCUT2D eigenvalue weighted by atomic mass is 9.95. The smallest absolute Gasteiger partial charge is 0.331 e. The van der Waals surface area contributed by atoms with Gasteiger partial charge in [-0.1, -0.05) is 78.9 Å². The second kappa shape index (κ2) is 10.4. The van der Waals surface area contributed by atoms with E-state index in [-0.39, 0.29) is 6.61 Å². The van der Waals surface area contributed by atoms with E-state index in [9.17, 15) is 18.6 Å². The molecule has 0 aromatic heterocycles. The van der Waals surface area contributed by atoms with Crippen LogP contribution in [0.2, 0.25) is 0 Å². The molecule has 0 bridgehead atoms. The topological polar surface area (TPSA) is 102 Å². The van der Waals surface area contributed by atoms with Crippen LogP contribution >= 0.6 is 0 Å². The van der Waals surface area contributed by atoms with Gasteiger partial charge >= 0.3 is 5.97 Å². The lowest BCUT2D eigenvalue weighted by molar-refractivity contribution is -0.166. The number of esters is 1. The van der Waals surface area contributed by atoms with Crippen molar-refractivity contribution in [2.24, 2.45) is 0 Å². The average molecular weight is 533 g/mol. The van der Waals surface area contributed by atoms with Crippen molar-refractivity contribution in [1.82, 2.24) is 10.2 Å². The summed E-state index contributed by atoms with van der Waals surface area (Å²) in [6.45, 7) is 3.06. The Morgan fingerprint density at radius 3 is 2.00 bits per heavy atom. The molecule has 1 N–H and O–H groups in total. The number of rotatable bonds is 8. The van der Waals surface area contributed by atoms with Gasteiger partial charge in [-0.15, -0.1) is 0 Å². The number of carbonyl (C=O) groups excluding carboxylic acids is 3. The molecule has 3 aromatic carbocycles. The van der Waals surface area contributed by atoms with Gasteiger partial charge in [0.25, 0.3) is 5.91 Å². The molecule has 4 atom stereocenters. The molecule has 8 nitrogen and oxygen atoms in total. The molecule has 0 unspecified atom stereocenters. The fourth-order valence-electron chi connectivity index (χ4n) is 4.92. The van der Waals surface area contributed by atoms with E-state index in [1.807, 2.05) is 66.7 Å². The van der Waals surface area contributed by atoms with Crippen molar-refractivity contribution in [3.05, 3.63) is 102 Å². The molecule has 3 aromatic rings. The van der Waals surface area contributed by atoms with Gasteiger partial charge in [0.1, 0.15) is 23.2 Å². The van der Waals surface area contributed by atoms with Crippen molar-refractivity contribution >= 4 is 28.6 Å². The van der Waals surface area contributed by atoms with Crippen LogP contribution in [0.3, 0.4) is 0 Å². The summed E-state index contributed by atoms with van der Waals surface area (Å²) in [7, 11) is -1.63. The minimum absolute atomic E-state index is 0.294. The van der Waals surface area contributed by atoms with Crippen LogP contribution < -0.4 is 10.1 Å². The van der Waals surface area contributed by atoms with Crippen molar-refractivity contribution in [3.63, 3.8) is 0 Å². The summed E-state index contributed by atoms with van der Waals surface area (Å²) >= 11 is 0. The molecular formula is C29H28N2O6S. The normalized spacial score (nSPS) is 23.3. The van der Waals surface area contributed by atoms with Crippen LogP contribution in [0.4, 0.5) is 0 Å².